The molecular weight excluding hydrogens is 466 g/mol. The lowest BCUT2D eigenvalue weighted by Gasteiger charge is -2.17. The van der Waals surface area contributed by atoms with Crippen LogP contribution in [0.4, 0.5) is 0 Å². The van der Waals surface area contributed by atoms with Gasteiger partial charge in [-0.25, -0.2) is 4.98 Å². The van der Waals surface area contributed by atoms with Crippen molar-refractivity contribution in [1.29, 1.82) is 0 Å². The molecule has 0 radical (unpaired) electrons. The molecule has 2 aromatic carbocycles. The molecule has 0 saturated carbocycles. The Balaban J connectivity index is 1.41. The van der Waals surface area contributed by atoms with Gasteiger partial charge in [0.1, 0.15) is 23.1 Å². The normalized spacial score (nSPS) is 13.7. The van der Waals surface area contributed by atoms with Crippen molar-refractivity contribution in [2.45, 2.75) is 11.5 Å². The molecule has 2 heterocycles. The first-order valence-electron chi connectivity index (χ1n) is 9.81. The summed E-state index contributed by atoms with van der Waals surface area (Å²) in [7, 11) is 0.960. The van der Waals surface area contributed by atoms with Gasteiger partial charge in [0.25, 0.3) is 10.0 Å². The number of para-hydroxylation sites is 1. The average molecular weight is 488 g/mol. The fourth-order valence-electron chi connectivity index (χ4n) is 3.38. The van der Waals surface area contributed by atoms with Crippen molar-refractivity contribution in [2.24, 2.45) is 4.40 Å². The Morgan fingerprint density at radius 1 is 1.06 bits per heavy atom. The molecule has 3 aromatic rings. The second-order valence-electron chi connectivity index (χ2n) is 7.09. The number of fused-ring (bicyclic) bond motifs is 1. The molecule has 11 heteroatoms. The highest BCUT2D eigenvalue weighted by Gasteiger charge is 2.31. The Morgan fingerprint density at radius 3 is 2.58 bits per heavy atom. The second-order valence-corrected chi connectivity index (χ2v) is 9.52. The Kier molecular flexibility index (Phi) is 6.34. The molecule has 4 rings (SSSR count). The van der Waals surface area contributed by atoms with Crippen molar-refractivity contribution in [3.8, 4) is 22.1 Å². The molecule has 0 bridgehead atoms. The molecule has 0 fully saturated rings. The van der Waals surface area contributed by atoms with E-state index in [9.17, 15) is 13.2 Å². The van der Waals surface area contributed by atoms with E-state index in [0.717, 1.165) is 5.56 Å². The molecule has 172 valence electrons. The maximum Gasteiger partial charge on any atom is 0.325 e. The Hall–Kier alpha value is -3.44. The van der Waals surface area contributed by atoms with E-state index in [1.165, 1.54) is 22.3 Å². The quantitative estimate of drug-likeness (QED) is 0.468. The van der Waals surface area contributed by atoms with Crippen molar-refractivity contribution in [3.05, 3.63) is 59.1 Å². The third kappa shape index (κ3) is 4.55. The van der Waals surface area contributed by atoms with Crippen molar-refractivity contribution in [1.82, 2.24) is 9.88 Å². The van der Waals surface area contributed by atoms with Gasteiger partial charge in [0.2, 0.25) is 0 Å². The lowest BCUT2D eigenvalue weighted by molar-refractivity contribution is -0.145. The number of amidine groups is 1. The van der Waals surface area contributed by atoms with Crippen LogP contribution in [-0.4, -0.2) is 57.9 Å². The van der Waals surface area contributed by atoms with Crippen LogP contribution in [0.1, 0.15) is 11.3 Å². The van der Waals surface area contributed by atoms with E-state index in [1.54, 1.807) is 50.9 Å². The summed E-state index contributed by atoms with van der Waals surface area (Å²) in [4.78, 5) is 18.5. The summed E-state index contributed by atoms with van der Waals surface area (Å²) in [5.74, 6) is 0.853. The first-order chi connectivity index (χ1) is 15.8. The van der Waals surface area contributed by atoms with Gasteiger partial charge >= 0.3 is 5.97 Å². The molecule has 9 nitrogen and oxygen atoms in total. The minimum Gasteiger partial charge on any atom is -0.493 e. The van der Waals surface area contributed by atoms with Crippen LogP contribution in [0.2, 0.25) is 0 Å². The molecule has 33 heavy (non-hydrogen) atoms. The summed E-state index contributed by atoms with van der Waals surface area (Å²) in [5, 5.41) is 2.51. The van der Waals surface area contributed by atoms with E-state index < -0.39 is 16.0 Å². The third-order valence-electron chi connectivity index (χ3n) is 4.91. The number of rotatable bonds is 7. The molecule has 0 aliphatic carbocycles. The van der Waals surface area contributed by atoms with E-state index in [1.807, 2.05) is 12.1 Å². The molecular formula is C22H21N3O6S2. The number of carbonyl (C=O) groups is 1. The molecule has 1 aliphatic rings. The van der Waals surface area contributed by atoms with Crippen LogP contribution >= 0.6 is 11.3 Å². The Bertz CT molecular complexity index is 1330. The molecule has 0 unspecified atom stereocenters. The number of ether oxygens (including phenoxy) is 3. The number of nitrogens with zero attached hydrogens (tertiary/aromatic N) is 3. The van der Waals surface area contributed by atoms with Crippen LogP contribution in [0, 0.1) is 0 Å². The predicted octanol–water partition coefficient (Wildman–Crippen LogP) is 2.95. The number of hydrogen-bond acceptors (Lipinski definition) is 9. The lowest BCUT2D eigenvalue weighted by atomic mass is 10.2. The maximum absolute atomic E-state index is 12.4. The molecule has 1 aromatic heterocycles. The number of methoxy groups -OCH3 is 2. The monoisotopic (exact) mass is 487 g/mol. The van der Waals surface area contributed by atoms with E-state index >= 15 is 0 Å². The number of thiazole rings is 1. The summed E-state index contributed by atoms with van der Waals surface area (Å²) < 4.78 is 44.4. The van der Waals surface area contributed by atoms with Gasteiger partial charge in [0.15, 0.2) is 17.3 Å². The zero-order chi connectivity index (χ0) is 23.6. The number of sulfonamides is 1. The minimum absolute atomic E-state index is 0.0170. The summed E-state index contributed by atoms with van der Waals surface area (Å²) in [6, 6.07) is 12.0. The van der Waals surface area contributed by atoms with Crippen LogP contribution in [-0.2, 0) is 26.2 Å². The molecule has 0 spiro atoms. The van der Waals surface area contributed by atoms with Gasteiger partial charge in [-0.05, 0) is 24.3 Å². The second kappa shape index (κ2) is 9.20. The predicted molar refractivity (Wildman–Crippen MR) is 123 cm³/mol. The van der Waals surface area contributed by atoms with Crippen LogP contribution in [0.25, 0.3) is 10.6 Å². The average Bonchev–Trinajstić information content (AvgIpc) is 3.39. The van der Waals surface area contributed by atoms with Crippen molar-refractivity contribution < 1.29 is 27.4 Å². The number of esters is 1. The molecule has 0 saturated heterocycles. The first kappa shape index (κ1) is 22.7. The number of likely N-dealkylation sites (N-methyl/N-ethyl adjacent to an activating group) is 1. The fraction of sp³-hybridized carbons (Fsp3) is 0.227. The topological polar surface area (TPSA) is 107 Å². The summed E-state index contributed by atoms with van der Waals surface area (Å²) in [6.07, 6.45) is 0. The van der Waals surface area contributed by atoms with Gasteiger partial charge in [-0.1, -0.05) is 18.2 Å². The van der Waals surface area contributed by atoms with Crippen LogP contribution in [0.5, 0.6) is 11.5 Å². The highest BCUT2D eigenvalue weighted by Crippen LogP contribution is 2.39. The standard InChI is InChI=1S/C22H21N3O6S2/c1-25(21-15-7-4-5-10-18(15)33(27,28)24-21)11-19(26)31-12-14-13-32-22(23-14)16-8-6-9-17(29-2)20(16)30-3/h4-10,13H,11-12H2,1-3H3. The number of aromatic nitrogens is 1. The van der Waals surface area contributed by atoms with E-state index in [0.29, 0.717) is 27.8 Å². The Labute approximate surface area is 195 Å². The minimum atomic E-state index is -3.76. The van der Waals surface area contributed by atoms with Crippen LogP contribution in [0.15, 0.2) is 57.1 Å². The largest absolute Gasteiger partial charge is 0.493 e. The number of hydrogen-bond donors (Lipinski definition) is 0. The van der Waals surface area contributed by atoms with Crippen LogP contribution < -0.4 is 9.47 Å². The lowest BCUT2D eigenvalue weighted by Crippen LogP contribution is -2.33. The van der Waals surface area contributed by atoms with Crippen molar-refractivity contribution in [3.63, 3.8) is 0 Å². The van der Waals surface area contributed by atoms with Crippen molar-refractivity contribution >= 4 is 33.2 Å². The van der Waals surface area contributed by atoms with Gasteiger partial charge in [-0.15, -0.1) is 15.7 Å². The summed E-state index contributed by atoms with van der Waals surface area (Å²) in [5.41, 5.74) is 1.82. The van der Waals surface area contributed by atoms with Gasteiger partial charge in [0.05, 0.1) is 25.5 Å². The number of benzene rings is 2. The molecule has 0 atom stereocenters. The number of carbonyl (C=O) groups excluding carboxylic acids is 1. The smallest absolute Gasteiger partial charge is 0.325 e. The molecule has 1 aliphatic heterocycles. The fourth-order valence-corrected chi connectivity index (χ4v) is 5.46. The zero-order valence-electron chi connectivity index (χ0n) is 18.1. The van der Waals surface area contributed by atoms with Gasteiger partial charge in [0, 0.05) is 18.0 Å². The van der Waals surface area contributed by atoms with Gasteiger partial charge in [-0.2, -0.15) is 8.42 Å². The highest BCUT2D eigenvalue weighted by atomic mass is 32.2. The SMILES string of the molecule is COc1cccc(-c2nc(COC(=O)CN(C)C3=NS(=O)(=O)c4ccccc43)cs2)c1OC. The van der Waals surface area contributed by atoms with E-state index in [4.69, 9.17) is 14.2 Å². The molecule has 0 N–H and O–H groups in total. The van der Waals surface area contributed by atoms with E-state index in [-0.39, 0.29) is 23.9 Å². The maximum atomic E-state index is 12.4. The first-order valence-corrected chi connectivity index (χ1v) is 12.1. The third-order valence-corrected chi connectivity index (χ3v) is 7.16. The summed E-state index contributed by atoms with van der Waals surface area (Å²) >= 11 is 1.40. The van der Waals surface area contributed by atoms with Gasteiger partial charge < -0.3 is 19.1 Å². The molecule has 0 amide bonds. The summed E-state index contributed by atoms with van der Waals surface area (Å²) in [6.45, 7) is -0.180. The van der Waals surface area contributed by atoms with Crippen LogP contribution in [0.3, 0.4) is 0 Å². The van der Waals surface area contributed by atoms with Crippen molar-refractivity contribution in [2.75, 3.05) is 27.8 Å². The van der Waals surface area contributed by atoms with Gasteiger partial charge in [-0.3, -0.25) is 4.79 Å². The van der Waals surface area contributed by atoms with E-state index in [2.05, 4.69) is 9.38 Å². The highest BCUT2D eigenvalue weighted by molar-refractivity contribution is 7.90. The zero-order valence-corrected chi connectivity index (χ0v) is 19.8. The Morgan fingerprint density at radius 2 is 1.82 bits per heavy atom.